The zero-order valence-corrected chi connectivity index (χ0v) is 17.0. The molecular formula is C20H25F3N4OS. The number of fused-ring (bicyclic) bond motifs is 1. The van der Waals surface area contributed by atoms with E-state index in [1.807, 2.05) is 0 Å². The van der Waals surface area contributed by atoms with Crippen LogP contribution in [-0.2, 0) is 6.42 Å². The van der Waals surface area contributed by atoms with E-state index in [2.05, 4.69) is 19.8 Å². The molecule has 2 aromatic rings. The van der Waals surface area contributed by atoms with Crippen molar-refractivity contribution in [3.63, 3.8) is 0 Å². The number of nitrogens with zero attached hydrogens (tertiary/aromatic N) is 4. The molecular weight excluding hydrogens is 401 g/mol. The number of hydrogen-bond donors (Lipinski definition) is 1. The van der Waals surface area contributed by atoms with Gasteiger partial charge in [0.05, 0.1) is 17.9 Å². The monoisotopic (exact) mass is 426 g/mol. The highest BCUT2D eigenvalue weighted by molar-refractivity contribution is 7.18. The number of rotatable bonds is 4. The molecule has 1 N–H and O–H groups in total. The van der Waals surface area contributed by atoms with Crippen LogP contribution >= 0.6 is 11.3 Å². The number of aliphatic hydroxyl groups is 1. The molecule has 5 rings (SSSR count). The molecule has 1 spiro atoms. The summed E-state index contributed by atoms with van der Waals surface area (Å²) in [6.07, 6.45) is 0.332. The number of thiophene rings is 1. The van der Waals surface area contributed by atoms with E-state index in [-0.39, 0.29) is 11.0 Å². The Balaban J connectivity index is 1.19. The van der Waals surface area contributed by atoms with Crippen molar-refractivity contribution in [1.82, 2.24) is 14.9 Å². The number of alkyl halides is 3. The van der Waals surface area contributed by atoms with Crippen molar-refractivity contribution < 1.29 is 18.3 Å². The number of aliphatic hydroxyl groups excluding tert-OH is 1. The minimum atomic E-state index is -4.21. The van der Waals surface area contributed by atoms with E-state index in [0.29, 0.717) is 16.2 Å². The van der Waals surface area contributed by atoms with Gasteiger partial charge in [-0.15, -0.1) is 11.3 Å². The molecule has 0 atom stereocenters. The lowest BCUT2D eigenvalue weighted by Crippen LogP contribution is -2.72. The van der Waals surface area contributed by atoms with Gasteiger partial charge < -0.3 is 14.9 Å². The van der Waals surface area contributed by atoms with Crippen molar-refractivity contribution in [3.8, 4) is 0 Å². The fourth-order valence-corrected chi connectivity index (χ4v) is 6.29. The number of likely N-dealkylation sites (tertiary alicyclic amines) is 1. The summed E-state index contributed by atoms with van der Waals surface area (Å²) >= 11 is 1.11. The lowest BCUT2D eigenvalue weighted by Gasteiger charge is -2.61. The van der Waals surface area contributed by atoms with Gasteiger partial charge in [-0.1, -0.05) is 0 Å². The zero-order chi connectivity index (χ0) is 20.2. The smallest absolute Gasteiger partial charge is 0.393 e. The van der Waals surface area contributed by atoms with Gasteiger partial charge in [-0.05, 0) is 37.7 Å². The van der Waals surface area contributed by atoms with Crippen LogP contribution in [0.15, 0.2) is 12.4 Å². The van der Waals surface area contributed by atoms with Crippen LogP contribution in [0.3, 0.4) is 0 Å². The Bertz CT molecular complexity index is 879. The molecule has 5 nitrogen and oxygen atoms in total. The topological polar surface area (TPSA) is 52.5 Å². The first-order valence-corrected chi connectivity index (χ1v) is 11.1. The minimum absolute atomic E-state index is 0.104. The molecule has 4 heterocycles. The van der Waals surface area contributed by atoms with Crippen LogP contribution in [0.4, 0.5) is 19.0 Å². The molecule has 158 valence electrons. The van der Waals surface area contributed by atoms with E-state index < -0.39 is 12.6 Å². The third-order valence-corrected chi connectivity index (χ3v) is 7.58. The minimum Gasteiger partial charge on any atom is -0.393 e. The van der Waals surface area contributed by atoms with Crippen LogP contribution in [0.1, 0.15) is 30.6 Å². The van der Waals surface area contributed by atoms with Crippen LogP contribution in [0.2, 0.25) is 0 Å². The van der Waals surface area contributed by atoms with Crippen molar-refractivity contribution in [2.75, 3.05) is 37.6 Å². The molecule has 3 aliphatic rings. The van der Waals surface area contributed by atoms with Gasteiger partial charge in [0.25, 0.3) is 0 Å². The molecule has 1 aliphatic carbocycles. The van der Waals surface area contributed by atoms with Gasteiger partial charge in [0.1, 0.15) is 17.0 Å². The summed E-state index contributed by atoms with van der Waals surface area (Å²) in [6.45, 7) is 5.10. The second-order valence-corrected chi connectivity index (χ2v) is 10.2. The molecule has 2 saturated heterocycles. The molecule has 9 heteroatoms. The summed E-state index contributed by atoms with van der Waals surface area (Å²) in [5.74, 6) is 1.47. The Kier molecular flexibility index (Phi) is 4.75. The summed E-state index contributed by atoms with van der Waals surface area (Å²) < 4.78 is 38.2. The van der Waals surface area contributed by atoms with Gasteiger partial charge in [0.2, 0.25) is 0 Å². The molecule has 0 aromatic carbocycles. The highest BCUT2D eigenvalue weighted by Crippen LogP contribution is 2.44. The SMILES string of the molecule is OC1CCC(CN2CC3(C2)CN(c2ncnc4sc(CC(F)(F)F)cc24)C3)CC1. The fourth-order valence-electron chi connectivity index (χ4n) is 5.27. The van der Waals surface area contributed by atoms with E-state index >= 15 is 0 Å². The summed E-state index contributed by atoms with van der Waals surface area (Å²) in [4.78, 5) is 14.2. The number of aromatic nitrogens is 2. The molecule has 29 heavy (non-hydrogen) atoms. The Morgan fingerprint density at radius 1 is 1.10 bits per heavy atom. The first-order chi connectivity index (χ1) is 13.8. The molecule has 1 saturated carbocycles. The molecule has 0 radical (unpaired) electrons. The van der Waals surface area contributed by atoms with Crippen LogP contribution < -0.4 is 4.90 Å². The average Bonchev–Trinajstić information content (AvgIpc) is 2.98. The fraction of sp³-hybridized carbons (Fsp3) is 0.700. The lowest BCUT2D eigenvalue weighted by atomic mass is 9.72. The van der Waals surface area contributed by atoms with Gasteiger partial charge in [-0.3, -0.25) is 0 Å². The largest absolute Gasteiger partial charge is 0.393 e. The summed E-state index contributed by atoms with van der Waals surface area (Å²) in [7, 11) is 0. The Hall–Kier alpha value is -1.45. The first-order valence-electron chi connectivity index (χ1n) is 10.2. The predicted molar refractivity (Wildman–Crippen MR) is 106 cm³/mol. The lowest BCUT2D eigenvalue weighted by molar-refractivity contribution is -0.126. The Morgan fingerprint density at radius 2 is 1.83 bits per heavy atom. The van der Waals surface area contributed by atoms with Gasteiger partial charge in [-0.25, -0.2) is 9.97 Å². The first kappa shape index (κ1) is 19.5. The molecule has 2 aliphatic heterocycles. The van der Waals surface area contributed by atoms with E-state index in [0.717, 1.165) is 80.9 Å². The highest BCUT2D eigenvalue weighted by Gasteiger charge is 2.52. The highest BCUT2D eigenvalue weighted by atomic mass is 32.1. The van der Waals surface area contributed by atoms with Gasteiger partial charge in [-0.2, -0.15) is 13.2 Å². The van der Waals surface area contributed by atoms with Crippen molar-refractivity contribution >= 4 is 27.4 Å². The van der Waals surface area contributed by atoms with E-state index in [1.54, 1.807) is 6.07 Å². The van der Waals surface area contributed by atoms with Gasteiger partial charge >= 0.3 is 6.18 Å². The predicted octanol–water partition coefficient (Wildman–Crippen LogP) is 3.47. The number of anilines is 1. The van der Waals surface area contributed by atoms with Crippen molar-refractivity contribution in [1.29, 1.82) is 0 Å². The molecule has 0 bridgehead atoms. The molecule has 2 aromatic heterocycles. The zero-order valence-electron chi connectivity index (χ0n) is 16.2. The Morgan fingerprint density at radius 3 is 2.52 bits per heavy atom. The summed E-state index contributed by atoms with van der Waals surface area (Å²) in [5.41, 5.74) is 0.302. The summed E-state index contributed by atoms with van der Waals surface area (Å²) in [5, 5.41) is 10.4. The van der Waals surface area contributed by atoms with E-state index in [1.165, 1.54) is 6.33 Å². The maximum atomic E-state index is 12.7. The van der Waals surface area contributed by atoms with E-state index in [9.17, 15) is 18.3 Å². The summed E-state index contributed by atoms with van der Waals surface area (Å²) in [6, 6.07) is 1.61. The average molecular weight is 427 g/mol. The third kappa shape index (κ3) is 3.96. The normalized spacial score (nSPS) is 27.2. The second kappa shape index (κ2) is 7.06. The third-order valence-electron chi connectivity index (χ3n) is 6.54. The van der Waals surface area contributed by atoms with Crippen LogP contribution in [-0.4, -0.2) is 65.0 Å². The number of hydrogen-bond acceptors (Lipinski definition) is 6. The van der Waals surface area contributed by atoms with Crippen molar-refractivity contribution in [2.45, 2.75) is 44.4 Å². The van der Waals surface area contributed by atoms with Gasteiger partial charge in [0, 0.05) is 43.0 Å². The quantitative estimate of drug-likeness (QED) is 0.812. The van der Waals surface area contributed by atoms with Crippen molar-refractivity contribution in [3.05, 3.63) is 17.3 Å². The molecule has 0 amide bonds. The van der Waals surface area contributed by atoms with Crippen molar-refractivity contribution in [2.24, 2.45) is 11.3 Å². The molecule has 3 fully saturated rings. The maximum Gasteiger partial charge on any atom is 0.393 e. The van der Waals surface area contributed by atoms with Crippen LogP contribution in [0.25, 0.3) is 10.2 Å². The Labute approximate surface area is 171 Å². The second-order valence-electron chi connectivity index (χ2n) is 9.12. The van der Waals surface area contributed by atoms with E-state index in [4.69, 9.17) is 0 Å². The standard InChI is InChI=1S/C20H25F3N4OS/c21-20(22,23)6-15-5-16-17(24-12-25-18(16)29-15)27-10-19(11-27)8-26(9-19)7-13-1-3-14(28)4-2-13/h5,12-14,28H,1-4,6-11H2. The van der Waals surface area contributed by atoms with Crippen LogP contribution in [0, 0.1) is 11.3 Å². The van der Waals surface area contributed by atoms with Gasteiger partial charge in [0.15, 0.2) is 0 Å². The molecule has 0 unspecified atom stereocenters. The maximum absolute atomic E-state index is 12.7. The number of halogens is 3. The van der Waals surface area contributed by atoms with Crippen LogP contribution in [0.5, 0.6) is 0 Å².